The third-order valence-corrected chi connectivity index (χ3v) is 8.61. The number of alkyl halides is 3. The first-order chi connectivity index (χ1) is 20.1. The number of ether oxygens (including phenoxy) is 3. The number of hydrogen-bond acceptors (Lipinski definition) is 6. The molecular formula is C33H41F3N2O4S. The summed E-state index contributed by atoms with van der Waals surface area (Å²) in [5.41, 5.74) is -1.81. The fourth-order valence-corrected chi connectivity index (χ4v) is 6.26. The molecule has 1 aromatic heterocycles. The zero-order chi connectivity index (χ0) is 31.5. The number of aromatic nitrogens is 1. The smallest absolute Gasteiger partial charge is 0.419 e. The van der Waals surface area contributed by atoms with Crippen LogP contribution in [0, 0.1) is 0 Å². The van der Waals surface area contributed by atoms with E-state index in [1.165, 1.54) is 34.1 Å². The molecule has 0 saturated carbocycles. The summed E-state index contributed by atoms with van der Waals surface area (Å²) in [6.45, 7) is 11.1. The van der Waals surface area contributed by atoms with E-state index in [-0.39, 0.29) is 19.0 Å². The molecule has 0 N–H and O–H groups in total. The Hall–Kier alpha value is -3.11. The van der Waals surface area contributed by atoms with Crippen LogP contribution in [0.15, 0.2) is 54.7 Å². The first kappa shape index (κ1) is 32.8. The van der Waals surface area contributed by atoms with Gasteiger partial charge in [-0.15, -0.1) is 11.3 Å². The van der Waals surface area contributed by atoms with Gasteiger partial charge in [0.1, 0.15) is 27.6 Å². The number of thiazole rings is 1. The van der Waals surface area contributed by atoms with Crippen molar-refractivity contribution in [3.8, 4) is 16.2 Å². The van der Waals surface area contributed by atoms with Gasteiger partial charge >= 0.3 is 12.3 Å². The highest BCUT2D eigenvalue weighted by Gasteiger charge is 2.55. The number of rotatable bonds is 10. The molecule has 1 aliphatic rings. The summed E-state index contributed by atoms with van der Waals surface area (Å²) in [6.07, 6.45) is 0.972. The molecule has 0 aliphatic carbocycles. The summed E-state index contributed by atoms with van der Waals surface area (Å²) in [4.78, 5) is 19.8. The maximum absolute atomic E-state index is 14.1. The number of amides is 1. The lowest BCUT2D eigenvalue weighted by molar-refractivity contribution is -0.138. The highest BCUT2D eigenvalue weighted by molar-refractivity contribution is 7.15. The van der Waals surface area contributed by atoms with Crippen molar-refractivity contribution in [2.24, 2.45) is 0 Å². The monoisotopic (exact) mass is 618 g/mol. The van der Waals surface area contributed by atoms with Crippen LogP contribution in [0.2, 0.25) is 0 Å². The molecule has 2 aromatic carbocycles. The SMILES string of the molecule is CC(C)(C)OC(=O)N1C(C)(C)OC[C@]1(C)c1ncc(-c2ccc(OCCCCCCc3ccccc3)c(C(F)(F)F)c2)s1. The van der Waals surface area contributed by atoms with Gasteiger partial charge in [0, 0.05) is 6.20 Å². The number of nitrogens with zero attached hydrogens (tertiary/aromatic N) is 2. The summed E-state index contributed by atoms with van der Waals surface area (Å²) in [7, 11) is 0. The van der Waals surface area contributed by atoms with Gasteiger partial charge in [-0.05, 0) is 90.1 Å². The highest BCUT2D eigenvalue weighted by Crippen LogP contribution is 2.46. The fourth-order valence-electron chi connectivity index (χ4n) is 5.23. The standard InChI is InChI=1S/C33H41F3N2O4S/c1-30(2,3)42-29(39)38-31(4,5)41-22-32(38,6)28-37-21-27(43-28)24-17-18-26(25(20-24)33(34,35)36)40-19-13-8-7-10-14-23-15-11-9-12-16-23/h9,11-12,15-18,20-21H,7-8,10,13-14,19,22H2,1-6H3/t32-/m1/s1. The predicted molar refractivity (Wildman–Crippen MR) is 162 cm³/mol. The molecule has 3 aromatic rings. The van der Waals surface area contributed by atoms with Gasteiger partial charge in [-0.2, -0.15) is 13.2 Å². The van der Waals surface area contributed by atoms with Crippen LogP contribution in [-0.4, -0.2) is 40.5 Å². The number of benzene rings is 2. The Morgan fingerprint density at radius 2 is 1.72 bits per heavy atom. The molecule has 0 unspecified atom stereocenters. The zero-order valence-corrected chi connectivity index (χ0v) is 26.5. The Morgan fingerprint density at radius 1 is 1.02 bits per heavy atom. The van der Waals surface area contributed by atoms with Crippen molar-refractivity contribution < 1.29 is 32.2 Å². The minimum Gasteiger partial charge on any atom is -0.493 e. The van der Waals surface area contributed by atoms with Crippen LogP contribution in [0.1, 0.15) is 83.4 Å². The van der Waals surface area contributed by atoms with Crippen molar-refractivity contribution in [2.75, 3.05) is 13.2 Å². The molecule has 1 amide bonds. The number of aryl methyl sites for hydroxylation is 1. The Kier molecular flexibility index (Phi) is 9.81. The lowest BCUT2D eigenvalue weighted by Crippen LogP contribution is -2.53. The van der Waals surface area contributed by atoms with Crippen molar-refractivity contribution in [1.82, 2.24) is 9.88 Å². The third kappa shape index (κ3) is 8.09. The molecule has 0 radical (unpaired) electrons. The molecule has 2 heterocycles. The molecule has 0 spiro atoms. The van der Waals surface area contributed by atoms with Crippen LogP contribution in [-0.2, 0) is 27.6 Å². The molecule has 0 bridgehead atoms. The summed E-state index contributed by atoms with van der Waals surface area (Å²) in [5.74, 6) is -0.181. The topological polar surface area (TPSA) is 60.9 Å². The molecule has 6 nitrogen and oxygen atoms in total. The molecule has 1 aliphatic heterocycles. The van der Waals surface area contributed by atoms with Crippen LogP contribution in [0.4, 0.5) is 18.0 Å². The Labute approximate surface area is 256 Å². The minimum atomic E-state index is -4.59. The lowest BCUT2D eigenvalue weighted by Gasteiger charge is -2.39. The van der Waals surface area contributed by atoms with E-state index in [1.54, 1.807) is 40.7 Å². The van der Waals surface area contributed by atoms with Crippen molar-refractivity contribution in [3.05, 3.63) is 70.9 Å². The average molecular weight is 619 g/mol. The van der Waals surface area contributed by atoms with Crippen molar-refractivity contribution in [1.29, 1.82) is 0 Å². The molecular weight excluding hydrogens is 577 g/mol. The van der Waals surface area contributed by atoms with E-state index in [2.05, 4.69) is 17.1 Å². The van der Waals surface area contributed by atoms with Crippen LogP contribution >= 0.6 is 11.3 Å². The molecule has 234 valence electrons. The lowest BCUT2D eigenvalue weighted by atomic mass is 10.0. The van der Waals surface area contributed by atoms with Gasteiger partial charge in [0.25, 0.3) is 0 Å². The molecule has 10 heteroatoms. The molecule has 1 fully saturated rings. The third-order valence-electron chi connectivity index (χ3n) is 7.31. The summed E-state index contributed by atoms with van der Waals surface area (Å²) in [5, 5.41) is 0.542. The van der Waals surface area contributed by atoms with Gasteiger partial charge in [-0.25, -0.2) is 9.78 Å². The van der Waals surface area contributed by atoms with E-state index in [0.29, 0.717) is 21.9 Å². The number of unbranched alkanes of at least 4 members (excludes halogenated alkanes) is 3. The number of hydrogen-bond donors (Lipinski definition) is 0. The van der Waals surface area contributed by atoms with Crippen molar-refractivity contribution >= 4 is 17.4 Å². The molecule has 1 saturated heterocycles. The van der Waals surface area contributed by atoms with Crippen LogP contribution in [0.5, 0.6) is 5.75 Å². The fraction of sp³-hybridized carbons (Fsp3) is 0.515. The van der Waals surface area contributed by atoms with Gasteiger partial charge < -0.3 is 14.2 Å². The maximum atomic E-state index is 14.1. The van der Waals surface area contributed by atoms with E-state index in [9.17, 15) is 18.0 Å². The number of halogens is 3. The second-order valence-electron chi connectivity index (χ2n) is 12.6. The second-order valence-corrected chi connectivity index (χ2v) is 13.6. The number of carbonyl (C=O) groups is 1. The van der Waals surface area contributed by atoms with Gasteiger partial charge in [0.05, 0.1) is 23.7 Å². The van der Waals surface area contributed by atoms with E-state index in [4.69, 9.17) is 14.2 Å². The van der Waals surface area contributed by atoms with Crippen molar-refractivity contribution in [3.63, 3.8) is 0 Å². The Bertz CT molecular complexity index is 1380. The summed E-state index contributed by atoms with van der Waals surface area (Å²) < 4.78 is 59.5. The van der Waals surface area contributed by atoms with E-state index in [1.807, 2.05) is 25.1 Å². The Morgan fingerprint density at radius 3 is 2.40 bits per heavy atom. The molecule has 43 heavy (non-hydrogen) atoms. The van der Waals surface area contributed by atoms with Gasteiger partial charge in [-0.3, -0.25) is 4.90 Å². The van der Waals surface area contributed by atoms with Crippen LogP contribution < -0.4 is 4.74 Å². The van der Waals surface area contributed by atoms with Crippen LogP contribution in [0.25, 0.3) is 10.4 Å². The number of carbonyl (C=O) groups excluding carboxylic acids is 1. The quantitative estimate of drug-likeness (QED) is 0.212. The highest BCUT2D eigenvalue weighted by atomic mass is 32.1. The van der Waals surface area contributed by atoms with Gasteiger partial charge in [-0.1, -0.05) is 43.2 Å². The second kappa shape index (κ2) is 12.9. The van der Waals surface area contributed by atoms with E-state index < -0.39 is 34.7 Å². The largest absolute Gasteiger partial charge is 0.493 e. The van der Waals surface area contributed by atoms with E-state index in [0.717, 1.165) is 31.7 Å². The van der Waals surface area contributed by atoms with Gasteiger partial charge in [0.2, 0.25) is 0 Å². The van der Waals surface area contributed by atoms with Gasteiger partial charge in [0.15, 0.2) is 0 Å². The predicted octanol–water partition coefficient (Wildman–Crippen LogP) is 9.23. The molecule has 4 rings (SSSR count). The first-order valence-electron chi connectivity index (χ1n) is 14.6. The average Bonchev–Trinajstić information content (AvgIpc) is 3.50. The van der Waals surface area contributed by atoms with Crippen LogP contribution in [0.3, 0.4) is 0 Å². The first-order valence-corrected chi connectivity index (χ1v) is 15.4. The summed E-state index contributed by atoms with van der Waals surface area (Å²) >= 11 is 1.23. The molecule has 1 atom stereocenters. The minimum absolute atomic E-state index is 0.166. The van der Waals surface area contributed by atoms with Crippen molar-refractivity contribution in [2.45, 2.75) is 96.7 Å². The summed E-state index contributed by atoms with van der Waals surface area (Å²) in [6, 6.07) is 14.3. The van der Waals surface area contributed by atoms with E-state index >= 15 is 0 Å². The normalized spacial score (nSPS) is 18.6. The maximum Gasteiger partial charge on any atom is 0.419 e. The Balaban J connectivity index is 1.44. The zero-order valence-electron chi connectivity index (χ0n) is 25.7.